The zero-order chi connectivity index (χ0) is 12.9. The minimum absolute atomic E-state index is 0.123. The molecule has 0 spiro atoms. The number of aliphatic hydroxyl groups excluding tert-OH is 1. The summed E-state index contributed by atoms with van der Waals surface area (Å²) in [5, 5.41) is 17.3. The Morgan fingerprint density at radius 3 is 2.41 bits per heavy atom. The van der Waals surface area contributed by atoms with Crippen molar-refractivity contribution in [1.29, 1.82) is 0 Å². The number of benzene rings is 1. The lowest BCUT2D eigenvalue weighted by atomic mass is 9.93. The van der Waals surface area contributed by atoms with E-state index in [1.165, 1.54) is 0 Å². The first-order chi connectivity index (χ1) is 7.87. The predicted molar refractivity (Wildman–Crippen MR) is 66.9 cm³/mol. The molecule has 0 heterocycles. The highest BCUT2D eigenvalue weighted by atomic mass is 32.2. The molecule has 6 heteroatoms. The fraction of sp³-hybridized carbons (Fsp3) is 0.455. The number of hydrogen-bond donors (Lipinski definition) is 3. The van der Waals surface area contributed by atoms with Crippen molar-refractivity contribution in [3.05, 3.63) is 35.9 Å². The third kappa shape index (κ3) is 4.43. The van der Waals surface area contributed by atoms with E-state index >= 15 is 0 Å². The van der Waals surface area contributed by atoms with Gasteiger partial charge >= 0.3 is 0 Å². The van der Waals surface area contributed by atoms with Gasteiger partial charge in [-0.2, -0.15) is 0 Å². The van der Waals surface area contributed by atoms with E-state index in [0.717, 1.165) is 5.56 Å². The average molecular weight is 258 g/mol. The molecule has 0 amide bonds. The fourth-order valence-electron chi connectivity index (χ4n) is 1.52. The minimum atomic E-state index is -3.48. The quantitative estimate of drug-likeness (QED) is 0.657. The van der Waals surface area contributed by atoms with E-state index in [9.17, 15) is 13.5 Å². The molecule has 96 valence electrons. The Bertz CT molecular complexity index is 447. The van der Waals surface area contributed by atoms with Crippen molar-refractivity contribution in [1.82, 2.24) is 5.32 Å². The van der Waals surface area contributed by atoms with Gasteiger partial charge in [-0.15, -0.1) is 0 Å². The molecule has 1 aromatic carbocycles. The summed E-state index contributed by atoms with van der Waals surface area (Å²) in [4.78, 5) is 0. The maximum atomic E-state index is 10.8. The second-order valence-corrected chi connectivity index (χ2v) is 5.88. The van der Waals surface area contributed by atoms with Gasteiger partial charge in [-0.25, -0.2) is 13.6 Å². The smallest absolute Gasteiger partial charge is 0.210 e. The third-order valence-corrected chi connectivity index (χ3v) is 3.40. The molecule has 1 aromatic rings. The molecule has 0 aliphatic heterocycles. The van der Waals surface area contributed by atoms with Gasteiger partial charge in [-0.3, -0.25) is 0 Å². The average Bonchev–Trinajstić information content (AvgIpc) is 2.28. The van der Waals surface area contributed by atoms with Gasteiger partial charge in [0.2, 0.25) is 10.0 Å². The van der Waals surface area contributed by atoms with Crippen molar-refractivity contribution >= 4 is 10.0 Å². The van der Waals surface area contributed by atoms with Gasteiger partial charge in [0, 0.05) is 6.54 Å². The van der Waals surface area contributed by atoms with E-state index < -0.39 is 15.6 Å². The highest BCUT2D eigenvalue weighted by Crippen LogP contribution is 2.19. The number of hydrogen-bond acceptors (Lipinski definition) is 4. The predicted octanol–water partition coefficient (Wildman–Crippen LogP) is -0.228. The molecule has 5 nitrogen and oxygen atoms in total. The molecule has 1 unspecified atom stereocenters. The number of primary sulfonamides is 1. The molecule has 1 rings (SSSR count). The summed E-state index contributed by atoms with van der Waals surface area (Å²) < 4.78 is 21.6. The molecule has 0 saturated heterocycles. The van der Waals surface area contributed by atoms with E-state index in [-0.39, 0.29) is 18.9 Å². The number of sulfonamides is 1. The largest absolute Gasteiger partial charge is 0.394 e. The van der Waals surface area contributed by atoms with Gasteiger partial charge in [-0.1, -0.05) is 30.3 Å². The van der Waals surface area contributed by atoms with Crippen LogP contribution in [-0.4, -0.2) is 32.4 Å². The van der Waals surface area contributed by atoms with E-state index in [1.807, 2.05) is 37.3 Å². The molecular weight excluding hydrogens is 240 g/mol. The van der Waals surface area contributed by atoms with Crippen LogP contribution < -0.4 is 10.5 Å². The Morgan fingerprint density at radius 2 is 1.94 bits per heavy atom. The molecule has 0 fully saturated rings. The second-order valence-electron chi connectivity index (χ2n) is 4.15. The summed E-state index contributed by atoms with van der Waals surface area (Å²) >= 11 is 0. The topological polar surface area (TPSA) is 92.4 Å². The van der Waals surface area contributed by atoms with Crippen LogP contribution in [0.3, 0.4) is 0 Å². The maximum Gasteiger partial charge on any atom is 0.210 e. The van der Waals surface area contributed by atoms with Crippen LogP contribution in [-0.2, 0) is 15.6 Å². The van der Waals surface area contributed by atoms with Crippen LogP contribution in [0.2, 0.25) is 0 Å². The normalized spacial score (nSPS) is 15.5. The Morgan fingerprint density at radius 1 is 1.35 bits per heavy atom. The Balaban J connectivity index is 2.70. The van der Waals surface area contributed by atoms with Crippen LogP contribution in [0.15, 0.2) is 30.3 Å². The number of rotatable bonds is 6. The lowest BCUT2D eigenvalue weighted by molar-refractivity contribution is 0.177. The van der Waals surface area contributed by atoms with Gasteiger partial charge < -0.3 is 10.4 Å². The summed E-state index contributed by atoms with van der Waals surface area (Å²) in [6.07, 6.45) is 0. The van der Waals surface area contributed by atoms with Gasteiger partial charge in [0.05, 0.1) is 17.9 Å². The molecular formula is C11H18N2O3S. The van der Waals surface area contributed by atoms with Crippen LogP contribution in [0.5, 0.6) is 0 Å². The van der Waals surface area contributed by atoms with Crippen LogP contribution in [0.1, 0.15) is 12.5 Å². The summed E-state index contributed by atoms with van der Waals surface area (Å²) in [5.41, 5.74) is 0.239. The number of nitrogens with one attached hydrogen (secondary N) is 1. The molecule has 0 aliphatic rings. The molecule has 0 bridgehead atoms. The number of nitrogens with two attached hydrogens (primary N) is 1. The van der Waals surface area contributed by atoms with Crippen molar-refractivity contribution in [2.75, 3.05) is 18.9 Å². The first-order valence-electron chi connectivity index (χ1n) is 5.29. The molecule has 0 aromatic heterocycles. The van der Waals surface area contributed by atoms with Crippen LogP contribution >= 0.6 is 0 Å². The fourth-order valence-corrected chi connectivity index (χ4v) is 1.91. The lowest BCUT2D eigenvalue weighted by Crippen LogP contribution is -2.45. The summed E-state index contributed by atoms with van der Waals surface area (Å²) in [5.74, 6) is -0.157. The molecule has 1 atom stereocenters. The maximum absolute atomic E-state index is 10.8. The first-order valence-corrected chi connectivity index (χ1v) is 7.01. The zero-order valence-corrected chi connectivity index (χ0v) is 10.6. The highest BCUT2D eigenvalue weighted by molar-refractivity contribution is 7.89. The lowest BCUT2D eigenvalue weighted by Gasteiger charge is -2.29. The Hall–Kier alpha value is -0.950. The number of aliphatic hydroxyl groups is 1. The Labute approximate surface area is 102 Å². The highest BCUT2D eigenvalue weighted by Gasteiger charge is 2.24. The minimum Gasteiger partial charge on any atom is -0.394 e. The van der Waals surface area contributed by atoms with Crippen LogP contribution in [0.25, 0.3) is 0 Å². The summed E-state index contributed by atoms with van der Waals surface area (Å²) in [6, 6.07) is 9.36. The molecule has 17 heavy (non-hydrogen) atoms. The monoisotopic (exact) mass is 258 g/mol. The molecule has 4 N–H and O–H groups in total. The van der Waals surface area contributed by atoms with Crippen molar-refractivity contribution < 1.29 is 13.5 Å². The van der Waals surface area contributed by atoms with Gasteiger partial charge in [-0.05, 0) is 12.5 Å². The van der Waals surface area contributed by atoms with E-state index in [1.54, 1.807) is 0 Å². The Kier molecular flexibility index (Phi) is 4.64. The molecule has 0 aliphatic carbocycles. The summed E-state index contributed by atoms with van der Waals surface area (Å²) in [6.45, 7) is 1.89. The van der Waals surface area contributed by atoms with Crippen LogP contribution in [0.4, 0.5) is 0 Å². The van der Waals surface area contributed by atoms with Crippen molar-refractivity contribution in [2.24, 2.45) is 5.14 Å². The zero-order valence-electron chi connectivity index (χ0n) is 9.76. The van der Waals surface area contributed by atoms with Crippen molar-refractivity contribution in [3.8, 4) is 0 Å². The van der Waals surface area contributed by atoms with E-state index in [2.05, 4.69) is 5.32 Å². The van der Waals surface area contributed by atoms with Crippen LogP contribution in [0, 0.1) is 0 Å². The second kappa shape index (κ2) is 5.59. The first kappa shape index (κ1) is 14.1. The van der Waals surface area contributed by atoms with Crippen molar-refractivity contribution in [2.45, 2.75) is 12.5 Å². The third-order valence-electron chi connectivity index (χ3n) is 2.63. The van der Waals surface area contributed by atoms with Gasteiger partial charge in [0.15, 0.2) is 0 Å². The standard InChI is InChI=1S/C11H18N2O3S/c1-11(9-14,10-5-3-2-4-6-10)13-7-8-17(12,15)16/h2-6,13-14H,7-9H2,1H3,(H2,12,15,16). The van der Waals surface area contributed by atoms with Gasteiger partial charge in [0.1, 0.15) is 0 Å². The van der Waals surface area contributed by atoms with Gasteiger partial charge in [0.25, 0.3) is 0 Å². The summed E-state index contributed by atoms with van der Waals surface area (Å²) in [7, 11) is -3.48. The van der Waals surface area contributed by atoms with E-state index in [0.29, 0.717) is 0 Å². The SMILES string of the molecule is CC(CO)(NCCS(N)(=O)=O)c1ccccc1. The van der Waals surface area contributed by atoms with E-state index in [4.69, 9.17) is 5.14 Å². The molecule has 0 radical (unpaired) electrons. The molecule has 0 saturated carbocycles. The van der Waals surface area contributed by atoms with Crippen molar-refractivity contribution in [3.63, 3.8) is 0 Å².